The van der Waals surface area contributed by atoms with Crippen LogP contribution in [0.25, 0.3) is 0 Å². The topological polar surface area (TPSA) is 86.8 Å². The highest BCUT2D eigenvalue weighted by atomic mass is 35.5. The molecule has 236 valence electrons. The van der Waals surface area contributed by atoms with Gasteiger partial charge in [-0.1, -0.05) is 103 Å². The van der Waals surface area contributed by atoms with Crippen LogP contribution in [-0.2, 0) is 32.6 Å². The summed E-state index contributed by atoms with van der Waals surface area (Å²) in [5.74, 6) is -0.716. The Morgan fingerprint density at radius 3 is 2.04 bits per heavy atom. The average molecular weight is 667 g/mol. The van der Waals surface area contributed by atoms with Crippen molar-refractivity contribution in [1.29, 1.82) is 0 Å². The Morgan fingerprint density at radius 2 is 1.47 bits per heavy atom. The molecule has 0 aromatic heterocycles. The van der Waals surface area contributed by atoms with E-state index in [1.54, 1.807) is 42.5 Å². The molecule has 0 fully saturated rings. The molecule has 45 heavy (non-hydrogen) atoms. The van der Waals surface area contributed by atoms with Gasteiger partial charge in [0.05, 0.1) is 20.6 Å². The molecule has 4 aromatic carbocycles. The minimum atomic E-state index is -4.18. The molecular weight excluding hydrogens is 629 g/mol. The highest BCUT2D eigenvalue weighted by Gasteiger charge is 2.34. The van der Waals surface area contributed by atoms with Crippen molar-refractivity contribution in [2.24, 2.45) is 0 Å². The van der Waals surface area contributed by atoms with E-state index in [4.69, 9.17) is 23.2 Å². The molecule has 7 nitrogen and oxygen atoms in total. The van der Waals surface area contributed by atoms with E-state index in [9.17, 15) is 18.0 Å². The molecule has 0 aliphatic carbocycles. The van der Waals surface area contributed by atoms with E-state index in [1.165, 1.54) is 24.1 Å². The lowest BCUT2D eigenvalue weighted by atomic mass is 10.0. The second kappa shape index (κ2) is 15.0. The first-order valence-corrected chi connectivity index (χ1v) is 16.8. The van der Waals surface area contributed by atoms with Gasteiger partial charge < -0.3 is 10.2 Å². The van der Waals surface area contributed by atoms with Crippen molar-refractivity contribution in [3.8, 4) is 0 Å². The second-order valence-electron chi connectivity index (χ2n) is 11.2. The quantitative estimate of drug-likeness (QED) is 0.176. The SMILES string of the molecule is CNC(=O)[C@H](Cc1ccccc1)N(Cc1ccc(Cl)c(Cl)c1)C(=O)CN(c1ccc(C(C)C)cc1)S(=O)(=O)c1ccc(C)cc1. The molecule has 0 radical (unpaired) electrons. The maximum absolute atomic E-state index is 14.4. The number of rotatable bonds is 12. The fourth-order valence-electron chi connectivity index (χ4n) is 4.95. The number of halogens is 2. The number of anilines is 1. The van der Waals surface area contributed by atoms with Crippen molar-refractivity contribution in [3.05, 3.63) is 129 Å². The van der Waals surface area contributed by atoms with Crippen LogP contribution in [0.3, 0.4) is 0 Å². The summed E-state index contributed by atoms with van der Waals surface area (Å²) >= 11 is 12.5. The van der Waals surface area contributed by atoms with E-state index in [2.05, 4.69) is 5.32 Å². The van der Waals surface area contributed by atoms with Gasteiger partial charge in [0.25, 0.3) is 10.0 Å². The van der Waals surface area contributed by atoms with Gasteiger partial charge in [-0.2, -0.15) is 0 Å². The fraction of sp³-hybridized carbons (Fsp3) is 0.257. The highest BCUT2D eigenvalue weighted by molar-refractivity contribution is 7.92. The summed E-state index contributed by atoms with van der Waals surface area (Å²) in [6.45, 7) is 5.42. The molecule has 4 rings (SSSR count). The van der Waals surface area contributed by atoms with E-state index in [-0.39, 0.29) is 29.7 Å². The molecule has 1 N–H and O–H groups in total. The zero-order chi connectivity index (χ0) is 32.7. The lowest BCUT2D eigenvalue weighted by Crippen LogP contribution is -2.53. The molecule has 0 saturated heterocycles. The van der Waals surface area contributed by atoms with Crippen LogP contribution < -0.4 is 9.62 Å². The van der Waals surface area contributed by atoms with Gasteiger partial charge in [-0.25, -0.2) is 8.42 Å². The molecule has 2 amide bonds. The van der Waals surface area contributed by atoms with Crippen molar-refractivity contribution in [2.45, 2.75) is 50.6 Å². The van der Waals surface area contributed by atoms with Crippen molar-refractivity contribution in [1.82, 2.24) is 10.2 Å². The van der Waals surface area contributed by atoms with Crippen LogP contribution in [0.15, 0.2) is 102 Å². The fourth-order valence-corrected chi connectivity index (χ4v) is 6.68. The summed E-state index contributed by atoms with van der Waals surface area (Å²) < 4.78 is 29.4. The smallest absolute Gasteiger partial charge is 0.264 e. The number of aryl methyl sites for hydroxylation is 1. The van der Waals surface area contributed by atoms with E-state index in [1.807, 2.05) is 63.2 Å². The Kier molecular flexibility index (Phi) is 11.3. The first-order valence-electron chi connectivity index (χ1n) is 14.6. The molecule has 0 bridgehead atoms. The number of sulfonamides is 1. The third-order valence-corrected chi connectivity index (χ3v) is 10.1. The summed E-state index contributed by atoms with van der Waals surface area (Å²) in [5.41, 5.74) is 3.74. The zero-order valence-electron chi connectivity index (χ0n) is 25.7. The number of benzene rings is 4. The molecule has 0 aliphatic heterocycles. The first-order chi connectivity index (χ1) is 21.4. The minimum Gasteiger partial charge on any atom is -0.357 e. The van der Waals surface area contributed by atoms with Gasteiger partial charge in [0.1, 0.15) is 12.6 Å². The van der Waals surface area contributed by atoms with Crippen molar-refractivity contribution in [2.75, 3.05) is 17.9 Å². The van der Waals surface area contributed by atoms with Crippen molar-refractivity contribution < 1.29 is 18.0 Å². The summed E-state index contributed by atoms with van der Waals surface area (Å²) in [7, 11) is -2.67. The van der Waals surface area contributed by atoms with E-state index >= 15 is 0 Å². The Balaban J connectivity index is 1.80. The Hall–Kier alpha value is -3.85. The molecule has 0 aliphatic rings. The van der Waals surface area contributed by atoms with Gasteiger partial charge in [-0.05, 0) is 65.9 Å². The van der Waals surface area contributed by atoms with E-state index in [0.29, 0.717) is 21.3 Å². The lowest BCUT2D eigenvalue weighted by molar-refractivity contribution is -0.139. The molecule has 1 atom stereocenters. The summed E-state index contributed by atoms with van der Waals surface area (Å²) in [6.07, 6.45) is 0.210. The summed E-state index contributed by atoms with van der Waals surface area (Å²) in [4.78, 5) is 29.3. The standard InChI is InChI=1S/C35H37Cl2N3O4S/c1-24(2)28-13-15-29(16-14-28)40(45(43,44)30-17-10-25(3)11-18-30)23-34(41)39(22-27-12-19-31(36)32(37)20-27)33(35(42)38-4)21-26-8-6-5-7-9-26/h5-20,24,33H,21-23H2,1-4H3,(H,38,42)/t33-/m0/s1. The predicted octanol–water partition coefficient (Wildman–Crippen LogP) is 7.01. The highest BCUT2D eigenvalue weighted by Crippen LogP contribution is 2.28. The van der Waals surface area contributed by atoms with Crippen LogP contribution in [0, 0.1) is 6.92 Å². The third-order valence-electron chi connectivity index (χ3n) is 7.59. The normalized spacial score (nSPS) is 12.1. The van der Waals surface area contributed by atoms with Crippen LogP contribution in [0.2, 0.25) is 10.0 Å². The maximum atomic E-state index is 14.4. The molecular formula is C35H37Cl2N3O4S. The first kappa shape index (κ1) is 34.0. The van der Waals surface area contributed by atoms with Crippen molar-refractivity contribution >= 4 is 50.7 Å². The van der Waals surface area contributed by atoms with Gasteiger partial charge in [-0.3, -0.25) is 13.9 Å². The number of hydrogen-bond acceptors (Lipinski definition) is 4. The van der Waals surface area contributed by atoms with Gasteiger partial charge >= 0.3 is 0 Å². The van der Waals surface area contributed by atoms with E-state index in [0.717, 1.165) is 21.0 Å². The largest absolute Gasteiger partial charge is 0.357 e. The Labute approximate surface area is 275 Å². The second-order valence-corrected chi connectivity index (χ2v) is 13.8. The number of hydrogen-bond donors (Lipinski definition) is 1. The van der Waals surface area contributed by atoms with Crippen LogP contribution in [0.1, 0.15) is 42.0 Å². The number of carbonyl (C=O) groups excluding carboxylic acids is 2. The van der Waals surface area contributed by atoms with Gasteiger partial charge in [0.2, 0.25) is 11.8 Å². The lowest BCUT2D eigenvalue weighted by Gasteiger charge is -2.33. The van der Waals surface area contributed by atoms with Gasteiger partial charge in [0, 0.05) is 20.0 Å². The molecule has 0 unspecified atom stereocenters. The van der Waals surface area contributed by atoms with Gasteiger partial charge in [0.15, 0.2) is 0 Å². The van der Waals surface area contributed by atoms with Crippen LogP contribution in [0.4, 0.5) is 5.69 Å². The Bertz CT molecular complexity index is 1730. The van der Waals surface area contributed by atoms with Crippen LogP contribution >= 0.6 is 23.2 Å². The Morgan fingerprint density at radius 1 is 0.822 bits per heavy atom. The van der Waals surface area contributed by atoms with Crippen LogP contribution in [0.5, 0.6) is 0 Å². The van der Waals surface area contributed by atoms with Gasteiger partial charge in [-0.15, -0.1) is 0 Å². The predicted molar refractivity (Wildman–Crippen MR) is 181 cm³/mol. The molecule has 10 heteroatoms. The maximum Gasteiger partial charge on any atom is 0.264 e. The number of carbonyl (C=O) groups is 2. The number of likely N-dealkylation sites (N-methyl/N-ethyl adjacent to an activating group) is 1. The molecule has 4 aromatic rings. The minimum absolute atomic E-state index is 0.00858. The summed E-state index contributed by atoms with van der Waals surface area (Å²) in [5, 5.41) is 3.33. The summed E-state index contributed by atoms with van der Waals surface area (Å²) in [6, 6.07) is 27.0. The zero-order valence-corrected chi connectivity index (χ0v) is 28.0. The molecule has 0 saturated carbocycles. The number of nitrogens with one attached hydrogen (secondary N) is 1. The third kappa shape index (κ3) is 8.45. The monoisotopic (exact) mass is 665 g/mol. The van der Waals surface area contributed by atoms with Crippen molar-refractivity contribution in [3.63, 3.8) is 0 Å². The number of amides is 2. The van der Waals surface area contributed by atoms with Crippen LogP contribution in [-0.4, -0.2) is 44.8 Å². The van der Waals surface area contributed by atoms with E-state index < -0.39 is 28.5 Å². The average Bonchev–Trinajstić information content (AvgIpc) is 3.03. The molecule has 0 spiro atoms. The number of nitrogens with zero attached hydrogens (tertiary/aromatic N) is 2. The molecule has 0 heterocycles.